The van der Waals surface area contributed by atoms with Crippen LogP contribution in [0.3, 0.4) is 0 Å². The fourth-order valence-electron chi connectivity index (χ4n) is 6.10. The van der Waals surface area contributed by atoms with E-state index in [0.29, 0.717) is 43.5 Å². The van der Waals surface area contributed by atoms with E-state index in [9.17, 15) is 19.5 Å². The van der Waals surface area contributed by atoms with E-state index >= 15 is 0 Å². The average Bonchev–Trinajstić information content (AvgIpc) is 2.92. The Hall–Kier alpha value is -3.45. The van der Waals surface area contributed by atoms with Crippen molar-refractivity contribution in [2.24, 2.45) is 0 Å². The van der Waals surface area contributed by atoms with Gasteiger partial charge in [0.15, 0.2) is 0 Å². The van der Waals surface area contributed by atoms with E-state index in [1.165, 1.54) is 5.57 Å². The number of amides is 3. The lowest BCUT2D eigenvalue weighted by atomic mass is 9.79. The number of hydrogen-bond donors (Lipinski definition) is 2. The first-order chi connectivity index (χ1) is 20.1. The molecule has 2 aromatic carbocycles. The second-order valence-electron chi connectivity index (χ2n) is 14.2. The van der Waals surface area contributed by atoms with Crippen molar-refractivity contribution in [3.63, 3.8) is 0 Å². The van der Waals surface area contributed by atoms with E-state index in [1.807, 2.05) is 89.9 Å². The number of aryl methyl sites for hydroxylation is 1. The summed E-state index contributed by atoms with van der Waals surface area (Å²) in [5.41, 5.74) is 4.66. The second kappa shape index (κ2) is 12.7. The molecule has 0 saturated heterocycles. The molecule has 1 heterocycles. The molecule has 2 aliphatic rings. The van der Waals surface area contributed by atoms with Crippen molar-refractivity contribution >= 4 is 28.5 Å². The van der Waals surface area contributed by atoms with Crippen molar-refractivity contribution < 1.29 is 19.5 Å². The highest BCUT2D eigenvalue weighted by Gasteiger charge is 2.35. The number of carbonyl (C=O) groups is 3. The number of nitrogens with zero attached hydrogens (tertiary/aromatic N) is 2. The fourth-order valence-corrected chi connectivity index (χ4v) is 6.10. The van der Waals surface area contributed by atoms with Gasteiger partial charge in [0.1, 0.15) is 0 Å². The van der Waals surface area contributed by atoms with Gasteiger partial charge in [-0.3, -0.25) is 14.4 Å². The number of likely N-dealkylation sites (N-methyl/N-ethyl adjacent to an activating group) is 1. The van der Waals surface area contributed by atoms with Crippen molar-refractivity contribution in [2.45, 2.75) is 104 Å². The molecule has 0 radical (unpaired) electrons. The predicted molar refractivity (Wildman–Crippen MR) is 173 cm³/mol. The largest absolute Gasteiger partial charge is 0.393 e. The van der Waals surface area contributed by atoms with Crippen molar-refractivity contribution in [3.05, 3.63) is 69.8 Å². The van der Waals surface area contributed by atoms with Crippen molar-refractivity contribution in [3.8, 4) is 0 Å². The van der Waals surface area contributed by atoms with Crippen LogP contribution in [0.4, 0.5) is 0 Å². The van der Waals surface area contributed by atoms with E-state index in [-0.39, 0.29) is 28.8 Å². The summed E-state index contributed by atoms with van der Waals surface area (Å²) < 4.78 is 0. The predicted octanol–water partition coefficient (Wildman–Crippen LogP) is 5.95. The van der Waals surface area contributed by atoms with Gasteiger partial charge >= 0.3 is 0 Å². The minimum atomic E-state index is -0.683. The van der Waals surface area contributed by atoms with Crippen LogP contribution in [-0.4, -0.2) is 69.9 Å². The summed E-state index contributed by atoms with van der Waals surface area (Å²) in [7, 11) is 1.83. The summed E-state index contributed by atoms with van der Waals surface area (Å²) in [6, 6.07) is 11.9. The smallest absolute Gasteiger partial charge is 0.254 e. The van der Waals surface area contributed by atoms with Crippen LogP contribution in [0.15, 0.2) is 58.7 Å². The van der Waals surface area contributed by atoms with Gasteiger partial charge in [-0.25, -0.2) is 0 Å². The van der Waals surface area contributed by atoms with E-state index in [0.717, 1.165) is 46.7 Å². The Morgan fingerprint density at radius 2 is 1.70 bits per heavy atom. The minimum Gasteiger partial charge on any atom is -0.393 e. The molecule has 232 valence electrons. The molecule has 1 unspecified atom stereocenters. The van der Waals surface area contributed by atoms with Crippen molar-refractivity contribution in [2.75, 3.05) is 20.1 Å². The lowest BCUT2D eigenvalue weighted by Crippen LogP contribution is -2.45. The molecule has 3 amide bonds. The Morgan fingerprint density at radius 3 is 2.35 bits per heavy atom. The zero-order valence-corrected chi connectivity index (χ0v) is 27.3. The fraction of sp³-hybridized carbons (Fsp3) is 0.528. The number of benzene rings is 2. The van der Waals surface area contributed by atoms with Gasteiger partial charge in [0, 0.05) is 43.7 Å². The lowest BCUT2D eigenvalue weighted by molar-refractivity contribution is -0.131. The molecule has 7 heteroatoms. The number of hydrogen-bond acceptors (Lipinski definition) is 4. The maximum absolute atomic E-state index is 14.0. The van der Waals surface area contributed by atoms with Crippen molar-refractivity contribution in [1.29, 1.82) is 0 Å². The number of nitrogens with one attached hydrogen (secondary N) is 1. The molecule has 0 spiro atoms. The SMILES string of the molecule is CC(=O)N1CCC2=C(C1)C(C(=O)N(C)C(C)(C)C)=C(CC(O)CCc1ccc3ccccc3c1C(=O)NC(C)(C)C)CC2. The van der Waals surface area contributed by atoms with Crippen LogP contribution >= 0.6 is 0 Å². The maximum atomic E-state index is 14.0. The molecule has 1 aliphatic carbocycles. The first kappa shape index (κ1) is 32.5. The highest BCUT2D eigenvalue weighted by molar-refractivity contribution is 6.08. The van der Waals surface area contributed by atoms with Gasteiger partial charge in [-0.1, -0.05) is 47.5 Å². The molecule has 0 fully saturated rings. The Kier molecular flexibility index (Phi) is 9.55. The van der Waals surface area contributed by atoms with Crippen LogP contribution < -0.4 is 5.32 Å². The van der Waals surface area contributed by atoms with E-state index in [4.69, 9.17) is 0 Å². The molecule has 1 atom stereocenters. The summed E-state index contributed by atoms with van der Waals surface area (Å²) in [5.74, 6) is -0.159. The normalized spacial score (nSPS) is 16.7. The Balaban J connectivity index is 1.63. The number of aliphatic hydroxyl groups is 1. The van der Waals surface area contributed by atoms with E-state index < -0.39 is 6.10 Å². The third-order valence-electron chi connectivity index (χ3n) is 8.77. The Morgan fingerprint density at radius 1 is 1.00 bits per heavy atom. The summed E-state index contributed by atoms with van der Waals surface area (Å²) in [6.07, 6.45) is 3.04. The van der Waals surface area contributed by atoms with E-state index in [1.54, 1.807) is 11.8 Å². The Bertz CT molecular complexity index is 1470. The van der Waals surface area contributed by atoms with E-state index in [2.05, 4.69) is 5.32 Å². The highest BCUT2D eigenvalue weighted by atomic mass is 16.3. The third-order valence-corrected chi connectivity index (χ3v) is 8.77. The topological polar surface area (TPSA) is 90.0 Å². The third kappa shape index (κ3) is 7.56. The number of rotatable bonds is 7. The summed E-state index contributed by atoms with van der Waals surface area (Å²) in [6.45, 7) is 14.6. The second-order valence-corrected chi connectivity index (χ2v) is 14.2. The molecule has 43 heavy (non-hydrogen) atoms. The van der Waals surface area contributed by atoms with Crippen LogP contribution in [-0.2, 0) is 16.0 Å². The molecule has 0 bridgehead atoms. The quantitative estimate of drug-likeness (QED) is 0.419. The number of aliphatic hydroxyl groups excluding tert-OH is 1. The van der Waals surface area contributed by atoms with Gasteiger partial charge in [0.2, 0.25) is 5.91 Å². The summed E-state index contributed by atoms with van der Waals surface area (Å²) >= 11 is 0. The highest BCUT2D eigenvalue weighted by Crippen LogP contribution is 2.39. The van der Waals surface area contributed by atoms with Crippen LogP contribution in [0.1, 0.15) is 96.5 Å². The van der Waals surface area contributed by atoms with Gasteiger partial charge < -0.3 is 20.2 Å². The maximum Gasteiger partial charge on any atom is 0.254 e. The number of carbonyl (C=O) groups excluding carboxylic acids is 3. The Labute approximate surface area is 257 Å². The van der Waals surface area contributed by atoms with Gasteiger partial charge in [-0.05, 0) is 102 Å². The van der Waals surface area contributed by atoms with Gasteiger partial charge in [-0.2, -0.15) is 0 Å². The molecule has 0 saturated carbocycles. The lowest BCUT2D eigenvalue weighted by Gasteiger charge is -2.39. The minimum absolute atomic E-state index is 0.0105. The average molecular weight is 588 g/mol. The molecule has 4 rings (SSSR count). The van der Waals surface area contributed by atoms with Gasteiger partial charge in [0.05, 0.1) is 11.7 Å². The first-order valence-corrected chi connectivity index (χ1v) is 15.5. The monoisotopic (exact) mass is 587 g/mol. The molecule has 2 N–H and O–H groups in total. The van der Waals surface area contributed by atoms with Gasteiger partial charge in [-0.15, -0.1) is 0 Å². The molecular formula is C36H49N3O4. The molecule has 1 aliphatic heterocycles. The van der Waals surface area contributed by atoms with Crippen molar-refractivity contribution in [1.82, 2.24) is 15.1 Å². The van der Waals surface area contributed by atoms with Crippen LogP contribution in [0.5, 0.6) is 0 Å². The standard InChI is InChI=1S/C36H49N3O4/c1-23(40)39-20-19-25-14-16-27(32(30(25)22-39)34(43)38(8)36(5,6)7)21-28(41)18-17-26-15-13-24-11-9-10-12-29(24)31(26)33(42)37-35(2,3)4/h9-13,15,28,41H,14,16-22H2,1-8H3,(H,37,42). The summed E-state index contributed by atoms with van der Waals surface area (Å²) in [4.78, 5) is 43.3. The van der Waals surface area contributed by atoms with Gasteiger partial charge in [0.25, 0.3) is 11.8 Å². The molecule has 0 aromatic heterocycles. The zero-order chi connectivity index (χ0) is 31.7. The zero-order valence-electron chi connectivity index (χ0n) is 27.3. The first-order valence-electron chi connectivity index (χ1n) is 15.5. The van der Waals surface area contributed by atoms with Crippen LogP contribution in [0.2, 0.25) is 0 Å². The van der Waals surface area contributed by atoms with Crippen LogP contribution in [0, 0.1) is 0 Å². The molecule has 2 aromatic rings. The molecule has 7 nitrogen and oxygen atoms in total. The summed E-state index contributed by atoms with van der Waals surface area (Å²) in [5, 5.41) is 16.4. The number of fused-ring (bicyclic) bond motifs is 1. The molecular weight excluding hydrogens is 538 g/mol. The van der Waals surface area contributed by atoms with Crippen LogP contribution in [0.25, 0.3) is 10.8 Å².